The smallest absolute Gasteiger partial charge is 0.0403 e. The maximum atomic E-state index is 4.64. The van der Waals surface area contributed by atoms with Crippen LogP contribution in [0.15, 0.2) is 29.3 Å². The van der Waals surface area contributed by atoms with Crippen LogP contribution in [-0.2, 0) is 6.42 Å². The molecule has 2 heterocycles. The third-order valence-corrected chi connectivity index (χ3v) is 4.02. The van der Waals surface area contributed by atoms with Gasteiger partial charge in [-0.25, -0.2) is 0 Å². The quantitative estimate of drug-likeness (QED) is 0.721. The summed E-state index contributed by atoms with van der Waals surface area (Å²) in [6, 6.07) is 9.53. The fourth-order valence-electron chi connectivity index (χ4n) is 3.18. The van der Waals surface area contributed by atoms with Gasteiger partial charge < -0.3 is 0 Å². The highest BCUT2D eigenvalue weighted by Crippen LogP contribution is 2.35. The Bertz CT molecular complexity index is 436. The van der Waals surface area contributed by atoms with Gasteiger partial charge in [0.1, 0.15) is 0 Å². The first kappa shape index (κ1) is 11.0. The monoisotopic (exact) mass is 228 g/mol. The summed E-state index contributed by atoms with van der Waals surface area (Å²) in [5.74, 6) is 0. The van der Waals surface area contributed by atoms with E-state index in [1.54, 1.807) is 11.1 Å². The van der Waals surface area contributed by atoms with Crippen LogP contribution in [-0.4, -0.2) is 30.2 Å². The molecule has 2 aliphatic heterocycles. The number of fused-ring (bicyclic) bond motifs is 3. The molecule has 0 saturated carbocycles. The molecule has 2 nitrogen and oxygen atoms in total. The first-order chi connectivity index (χ1) is 8.38. The van der Waals surface area contributed by atoms with Crippen LogP contribution in [0.1, 0.15) is 36.9 Å². The molecule has 1 aromatic rings. The minimum Gasteiger partial charge on any atom is -0.295 e. The van der Waals surface area contributed by atoms with E-state index in [4.69, 9.17) is 0 Å². The van der Waals surface area contributed by atoms with E-state index in [9.17, 15) is 0 Å². The van der Waals surface area contributed by atoms with Gasteiger partial charge >= 0.3 is 0 Å². The summed E-state index contributed by atoms with van der Waals surface area (Å²) in [5, 5.41) is 0. The van der Waals surface area contributed by atoms with Crippen LogP contribution in [0, 0.1) is 0 Å². The van der Waals surface area contributed by atoms with Crippen molar-refractivity contribution in [1.82, 2.24) is 4.90 Å². The minimum atomic E-state index is 0.596. The van der Waals surface area contributed by atoms with Crippen LogP contribution in [0.5, 0.6) is 0 Å². The van der Waals surface area contributed by atoms with E-state index in [2.05, 4.69) is 41.1 Å². The zero-order chi connectivity index (χ0) is 11.7. The van der Waals surface area contributed by atoms with Crippen molar-refractivity contribution in [1.29, 1.82) is 0 Å². The number of aliphatic imine (C=N–C) groups is 1. The Hall–Kier alpha value is -1.15. The Balaban J connectivity index is 1.91. The molecule has 0 aromatic heterocycles. The fourth-order valence-corrected chi connectivity index (χ4v) is 3.18. The lowest BCUT2D eigenvalue weighted by molar-refractivity contribution is 0.180. The van der Waals surface area contributed by atoms with Crippen molar-refractivity contribution in [2.24, 2.45) is 4.99 Å². The Morgan fingerprint density at radius 3 is 2.94 bits per heavy atom. The summed E-state index contributed by atoms with van der Waals surface area (Å²) < 4.78 is 0. The van der Waals surface area contributed by atoms with Crippen LogP contribution in [0.3, 0.4) is 0 Å². The molecule has 2 heteroatoms. The standard InChI is InChI=1S/C15H20N2/c1-2-16-13-8-10-17-9-7-12-5-3-4-6-14(12)15(17)11-13/h3-6,15H,2,7-11H2,1H3/t15-/m1/s1. The molecule has 2 aliphatic rings. The van der Waals surface area contributed by atoms with Gasteiger partial charge in [0.05, 0.1) is 0 Å². The Morgan fingerprint density at radius 2 is 2.06 bits per heavy atom. The lowest BCUT2D eigenvalue weighted by atomic mass is 9.86. The van der Waals surface area contributed by atoms with Gasteiger partial charge in [0.2, 0.25) is 0 Å². The molecule has 1 fully saturated rings. The minimum absolute atomic E-state index is 0.596. The van der Waals surface area contributed by atoms with Gasteiger partial charge in [-0.1, -0.05) is 24.3 Å². The molecule has 1 aromatic carbocycles. The van der Waals surface area contributed by atoms with Gasteiger partial charge in [-0.15, -0.1) is 0 Å². The summed E-state index contributed by atoms with van der Waals surface area (Å²) in [6.45, 7) is 5.48. The van der Waals surface area contributed by atoms with E-state index in [-0.39, 0.29) is 0 Å². The maximum absolute atomic E-state index is 4.64. The first-order valence-electron chi connectivity index (χ1n) is 6.72. The van der Waals surface area contributed by atoms with Gasteiger partial charge in [0.25, 0.3) is 0 Å². The molecule has 3 rings (SSSR count). The highest BCUT2D eigenvalue weighted by Gasteiger charge is 2.31. The number of hydrogen-bond acceptors (Lipinski definition) is 2. The lowest BCUT2D eigenvalue weighted by Crippen LogP contribution is -2.41. The van der Waals surface area contributed by atoms with Crippen molar-refractivity contribution >= 4 is 5.71 Å². The molecule has 0 unspecified atom stereocenters. The third kappa shape index (κ3) is 2.02. The summed E-state index contributed by atoms with van der Waals surface area (Å²) in [6.07, 6.45) is 3.53. The van der Waals surface area contributed by atoms with Gasteiger partial charge in [0, 0.05) is 37.8 Å². The number of piperidine rings is 1. The molecule has 1 saturated heterocycles. The Morgan fingerprint density at radius 1 is 1.24 bits per heavy atom. The van der Waals surface area contributed by atoms with E-state index in [0.717, 1.165) is 13.0 Å². The molecule has 90 valence electrons. The van der Waals surface area contributed by atoms with E-state index >= 15 is 0 Å². The van der Waals surface area contributed by atoms with Crippen molar-refractivity contribution in [2.45, 2.75) is 32.2 Å². The molecular formula is C15H20N2. The van der Waals surface area contributed by atoms with Gasteiger partial charge in [-0.2, -0.15) is 0 Å². The number of nitrogens with zero attached hydrogens (tertiary/aromatic N) is 2. The zero-order valence-electron chi connectivity index (χ0n) is 10.5. The SMILES string of the molecule is CCN=C1CCN2CCc3ccccc3[C@H]2C1. The van der Waals surface area contributed by atoms with E-state index in [0.29, 0.717) is 6.04 Å². The summed E-state index contributed by atoms with van der Waals surface area (Å²) in [5.41, 5.74) is 4.51. The van der Waals surface area contributed by atoms with Gasteiger partial charge in [0.15, 0.2) is 0 Å². The van der Waals surface area contributed by atoms with Gasteiger partial charge in [-0.05, 0) is 30.9 Å². The van der Waals surface area contributed by atoms with E-state index in [1.807, 2.05) is 0 Å². The average molecular weight is 228 g/mol. The highest BCUT2D eigenvalue weighted by molar-refractivity contribution is 5.86. The zero-order valence-corrected chi connectivity index (χ0v) is 10.5. The summed E-state index contributed by atoms with van der Waals surface area (Å²) in [7, 11) is 0. The van der Waals surface area contributed by atoms with Crippen molar-refractivity contribution in [3.8, 4) is 0 Å². The third-order valence-electron chi connectivity index (χ3n) is 4.02. The molecule has 1 atom stereocenters. The van der Waals surface area contributed by atoms with Crippen LogP contribution in [0.2, 0.25) is 0 Å². The maximum Gasteiger partial charge on any atom is 0.0403 e. The molecule has 17 heavy (non-hydrogen) atoms. The van der Waals surface area contributed by atoms with Crippen molar-refractivity contribution in [3.63, 3.8) is 0 Å². The van der Waals surface area contributed by atoms with Crippen LogP contribution >= 0.6 is 0 Å². The number of benzene rings is 1. The number of hydrogen-bond donors (Lipinski definition) is 0. The predicted molar refractivity (Wildman–Crippen MR) is 71.7 cm³/mol. The normalized spacial score (nSPS) is 26.6. The van der Waals surface area contributed by atoms with Gasteiger partial charge in [-0.3, -0.25) is 9.89 Å². The van der Waals surface area contributed by atoms with Crippen LogP contribution < -0.4 is 0 Å². The molecule has 0 amide bonds. The van der Waals surface area contributed by atoms with E-state index in [1.165, 1.54) is 31.6 Å². The second kappa shape index (κ2) is 4.61. The molecule has 0 spiro atoms. The largest absolute Gasteiger partial charge is 0.295 e. The van der Waals surface area contributed by atoms with Crippen LogP contribution in [0.4, 0.5) is 0 Å². The Labute approximate surface area is 103 Å². The second-order valence-electron chi connectivity index (χ2n) is 5.00. The predicted octanol–water partition coefficient (Wildman–Crippen LogP) is 2.84. The summed E-state index contributed by atoms with van der Waals surface area (Å²) >= 11 is 0. The molecule has 0 radical (unpaired) electrons. The topological polar surface area (TPSA) is 15.6 Å². The first-order valence-corrected chi connectivity index (χ1v) is 6.72. The summed E-state index contributed by atoms with van der Waals surface area (Å²) in [4.78, 5) is 7.27. The molecule has 0 N–H and O–H groups in total. The Kier molecular flexibility index (Phi) is 2.98. The molecule has 0 bridgehead atoms. The van der Waals surface area contributed by atoms with E-state index < -0.39 is 0 Å². The lowest BCUT2D eigenvalue weighted by Gasteiger charge is -2.41. The molecule has 0 aliphatic carbocycles. The highest BCUT2D eigenvalue weighted by atomic mass is 15.2. The average Bonchev–Trinajstić information content (AvgIpc) is 2.39. The molecular weight excluding hydrogens is 208 g/mol. The van der Waals surface area contributed by atoms with Crippen molar-refractivity contribution in [2.75, 3.05) is 19.6 Å². The fraction of sp³-hybridized carbons (Fsp3) is 0.533. The second-order valence-corrected chi connectivity index (χ2v) is 5.00. The van der Waals surface area contributed by atoms with Crippen molar-refractivity contribution < 1.29 is 0 Å². The number of rotatable bonds is 1. The van der Waals surface area contributed by atoms with Crippen molar-refractivity contribution in [3.05, 3.63) is 35.4 Å². The van der Waals surface area contributed by atoms with Crippen LogP contribution in [0.25, 0.3) is 0 Å².